The van der Waals surface area contributed by atoms with Crippen molar-refractivity contribution in [2.75, 3.05) is 20.2 Å². The van der Waals surface area contributed by atoms with E-state index in [1.807, 2.05) is 28.8 Å². The van der Waals surface area contributed by atoms with Crippen LogP contribution < -0.4 is 15.7 Å². The second kappa shape index (κ2) is 12.3. The molecule has 0 radical (unpaired) electrons. The summed E-state index contributed by atoms with van der Waals surface area (Å²) in [6, 6.07) is 19.4. The summed E-state index contributed by atoms with van der Waals surface area (Å²) in [5.41, 5.74) is 1.85. The van der Waals surface area contributed by atoms with E-state index in [9.17, 15) is 19.5 Å². The van der Waals surface area contributed by atoms with Gasteiger partial charge in [-0.05, 0) is 48.2 Å². The highest BCUT2D eigenvalue weighted by Crippen LogP contribution is 2.37. The Bertz CT molecular complexity index is 1730. The predicted molar refractivity (Wildman–Crippen MR) is 157 cm³/mol. The van der Waals surface area contributed by atoms with E-state index >= 15 is 0 Å². The maximum Gasteiger partial charge on any atom is 0.306 e. The fraction of sp³-hybridized carbons (Fsp3) is 0.333. The van der Waals surface area contributed by atoms with Crippen molar-refractivity contribution in [3.05, 3.63) is 122 Å². The van der Waals surface area contributed by atoms with Crippen LogP contribution in [0.15, 0.2) is 86.9 Å². The molecule has 3 aromatic heterocycles. The molecule has 1 N–H and O–H groups in total. The minimum Gasteiger partial charge on any atom is -0.502 e. The third kappa shape index (κ3) is 6.24. The van der Waals surface area contributed by atoms with E-state index in [2.05, 4.69) is 9.88 Å². The van der Waals surface area contributed by atoms with E-state index < -0.39 is 23.1 Å². The molecule has 6 rings (SSSR count). The lowest BCUT2D eigenvalue weighted by Crippen LogP contribution is -2.46. The van der Waals surface area contributed by atoms with E-state index in [4.69, 9.17) is 13.9 Å². The number of esters is 1. The molecule has 1 fully saturated rings. The standard InChI is InChI=1S/C33H33N3O7/c1-41-31(39)15-27(22-6-4-8-25(13-22)42-20-24-7-2-3-11-34-24)33-32(40)29(37)14-26(43-33)19-35-16-21-12-23(18-35)28-9-5-10-30(38)36(28)17-21/h2-11,13-14,21,23,27,40H,12,15-20H2,1H3/t21-,23+,27-/m1/s1. The summed E-state index contributed by atoms with van der Waals surface area (Å²) in [5, 5.41) is 10.9. The maximum absolute atomic E-state index is 13.0. The first-order valence-electron chi connectivity index (χ1n) is 14.4. The van der Waals surface area contributed by atoms with Crippen LogP contribution in [0.2, 0.25) is 0 Å². The number of hydrogen-bond acceptors (Lipinski definition) is 9. The monoisotopic (exact) mass is 583 g/mol. The first kappa shape index (κ1) is 28.4. The number of nitrogens with zero attached hydrogens (tertiary/aromatic N) is 3. The molecule has 3 atom stereocenters. The zero-order valence-electron chi connectivity index (χ0n) is 23.8. The number of fused-ring (bicyclic) bond motifs is 4. The van der Waals surface area contributed by atoms with Crippen molar-refractivity contribution in [2.45, 2.75) is 44.4 Å². The van der Waals surface area contributed by atoms with Gasteiger partial charge < -0.3 is 23.6 Å². The highest BCUT2D eigenvalue weighted by atomic mass is 16.5. The van der Waals surface area contributed by atoms with Crippen molar-refractivity contribution in [1.82, 2.24) is 14.5 Å². The molecule has 0 spiro atoms. The van der Waals surface area contributed by atoms with Crippen LogP contribution in [-0.4, -0.2) is 45.7 Å². The molecule has 5 heterocycles. The largest absolute Gasteiger partial charge is 0.502 e. The first-order valence-corrected chi connectivity index (χ1v) is 14.4. The number of hydrogen-bond donors (Lipinski definition) is 1. The fourth-order valence-corrected chi connectivity index (χ4v) is 6.29. The molecule has 1 saturated heterocycles. The number of likely N-dealkylation sites (tertiary alicyclic amines) is 1. The molecule has 2 aliphatic heterocycles. The number of aromatic nitrogens is 2. The molecule has 1 aromatic carbocycles. The van der Waals surface area contributed by atoms with Crippen LogP contribution in [0.1, 0.15) is 53.1 Å². The van der Waals surface area contributed by atoms with Crippen molar-refractivity contribution in [3.63, 3.8) is 0 Å². The Labute approximate surface area is 248 Å². The Balaban J connectivity index is 1.27. The van der Waals surface area contributed by atoms with Crippen molar-refractivity contribution >= 4 is 5.97 Å². The van der Waals surface area contributed by atoms with Gasteiger partial charge in [0.05, 0.1) is 31.7 Å². The Morgan fingerprint density at radius 2 is 1.93 bits per heavy atom. The summed E-state index contributed by atoms with van der Waals surface area (Å²) in [5.74, 6) is -0.421. The fourth-order valence-electron chi connectivity index (χ4n) is 6.29. The number of carbonyl (C=O) groups excluding carboxylic acids is 1. The summed E-state index contributed by atoms with van der Waals surface area (Å²) in [4.78, 5) is 44.4. The number of piperidine rings is 1. The molecule has 222 valence electrons. The summed E-state index contributed by atoms with van der Waals surface area (Å²) in [7, 11) is 1.29. The molecule has 0 unspecified atom stereocenters. The van der Waals surface area contributed by atoms with E-state index in [0.29, 0.717) is 42.6 Å². The molecule has 2 bridgehead atoms. The molecule has 10 nitrogen and oxygen atoms in total. The van der Waals surface area contributed by atoms with Gasteiger partial charge in [-0.15, -0.1) is 0 Å². The quantitative estimate of drug-likeness (QED) is 0.293. The van der Waals surface area contributed by atoms with Gasteiger partial charge in [0.25, 0.3) is 5.56 Å². The lowest BCUT2D eigenvalue weighted by molar-refractivity contribution is -0.140. The smallest absolute Gasteiger partial charge is 0.306 e. The van der Waals surface area contributed by atoms with Crippen LogP contribution in [-0.2, 0) is 29.2 Å². The number of carbonyl (C=O) groups is 1. The highest BCUT2D eigenvalue weighted by Gasteiger charge is 2.35. The van der Waals surface area contributed by atoms with Crippen molar-refractivity contribution in [1.29, 1.82) is 0 Å². The van der Waals surface area contributed by atoms with Crippen LogP contribution in [0.5, 0.6) is 11.5 Å². The molecular formula is C33H33N3O7. The Morgan fingerprint density at radius 3 is 2.74 bits per heavy atom. The van der Waals surface area contributed by atoms with Gasteiger partial charge in [-0.3, -0.25) is 24.3 Å². The van der Waals surface area contributed by atoms with Crippen LogP contribution in [0.3, 0.4) is 0 Å². The molecule has 0 saturated carbocycles. The average molecular weight is 584 g/mol. The van der Waals surface area contributed by atoms with Gasteiger partial charge in [0.1, 0.15) is 18.1 Å². The van der Waals surface area contributed by atoms with Crippen molar-refractivity contribution in [3.8, 4) is 11.5 Å². The number of methoxy groups -OCH3 is 1. The van der Waals surface area contributed by atoms with Crippen LogP contribution in [0.25, 0.3) is 0 Å². The SMILES string of the molecule is COC(=O)C[C@H](c1cccc(OCc2ccccn2)c1)c1oc(CN2C[C@H]3C[C@@H](C2)c2cccc(=O)n2C3)cc(=O)c1O. The topological polar surface area (TPSA) is 124 Å². The number of pyridine rings is 2. The maximum atomic E-state index is 13.0. The van der Waals surface area contributed by atoms with Gasteiger partial charge in [0.15, 0.2) is 5.76 Å². The zero-order chi connectivity index (χ0) is 29.9. The normalized spacial score (nSPS) is 18.4. The van der Waals surface area contributed by atoms with Gasteiger partial charge in [-0.25, -0.2) is 0 Å². The molecule has 0 aliphatic carbocycles. The number of rotatable bonds is 9. The van der Waals surface area contributed by atoms with E-state index in [1.165, 1.54) is 13.2 Å². The van der Waals surface area contributed by atoms with Gasteiger partial charge in [-0.2, -0.15) is 0 Å². The lowest BCUT2D eigenvalue weighted by Gasteiger charge is -2.42. The van der Waals surface area contributed by atoms with Gasteiger partial charge in [-0.1, -0.05) is 24.3 Å². The number of benzene rings is 1. The molecule has 2 aliphatic rings. The highest BCUT2D eigenvalue weighted by molar-refractivity contribution is 5.71. The summed E-state index contributed by atoms with van der Waals surface area (Å²) >= 11 is 0. The van der Waals surface area contributed by atoms with E-state index in [-0.39, 0.29) is 30.3 Å². The van der Waals surface area contributed by atoms with Crippen LogP contribution >= 0.6 is 0 Å². The summed E-state index contributed by atoms with van der Waals surface area (Å²) in [6.07, 6.45) is 2.54. The minimum atomic E-state index is -0.794. The Hall–Kier alpha value is -4.70. The third-order valence-electron chi connectivity index (χ3n) is 8.22. The molecule has 0 amide bonds. The van der Waals surface area contributed by atoms with Gasteiger partial charge in [0, 0.05) is 49.6 Å². The zero-order valence-corrected chi connectivity index (χ0v) is 23.8. The Kier molecular flexibility index (Phi) is 8.11. The van der Waals surface area contributed by atoms with Gasteiger partial charge >= 0.3 is 5.97 Å². The summed E-state index contributed by atoms with van der Waals surface area (Å²) < 4.78 is 19.0. The first-order chi connectivity index (χ1) is 20.9. The second-order valence-corrected chi connectivity index (χ2v) is 11.2. The number of aromatic hydroxyl groups is 1. The van der Waals surface area contributed by atoms with E-state index in [0.717, 1.165) is 24.4 Å². The lowest BCUT2D eigenvalue weighted by atomic mass is 9.83. The van der Waals surface area contributed by atoms with Gasteiger partial charge in [0.2, 0.25) is 11.2 Å². The van der Waals surface area contributed by atoms with E-state index in [1.54, 1.807) is 42.6 Å². The third-order valence-corrected chi connectivity index (χ3v) is 8.22. The summed E-state index contributed by atoms with van der Waals surface area (Å²) in [6.45, 7) is 2.72. The molecule has 43 heavy (non-hydrogen) atoms. The molecule has 4 aromatic rings. The Morgan fingerprint density at radius 1 is 1.07 bits per heavy atom. The van der Waals surface area contributed by atoms with Crippen molar-refractivity contribution < 1.29 is 23.8 Å². The average Bonchev–Trinajstić information content (AvgIpc) is 3.02. The minimum absolute atomic E-state index is 0.00359. The van der Waals surface area contributed by atoms with Crippen LogP contribution in [0, 0.1) is 5.92 Å². The van der Waals surface area contributed by atoms with Crippen molar-refractivity contribution in [2.24, 2.45) is 5.92 Å². The van der Waals surface area contributed by atoms with Crippen LogP contribution in [0.4, 0.5) is 0 Å². The number of ether oxygens (including phenoxy) is 2. The molecular weight excluding hydrogens is 550 g/mol. The molecule has 10 heteroatoms. The second-order valence-electron chi connectivity index (χ2n) is 11.2. The predicted octanol–water partition coefficient (Wildman–Crippen LogP) is 3.80.